The lowest BCUT2D eigenvalue weighted by Crippen LogP contribution is -2.36. The predicted molar refractivity (Wildman–Crippen MR) is 86.3 cm³/mol. The normalized spacial score (nSPS) is 18.0. The summed E-state index contributed by atoms with van der Waals surface area (Å²) in [6, 6.07) is 11.0. The Morgan fingerprint density at radius 3 is 2.76 bits per heavy atom. The van der Waals surface area contributed by atoms with Gasteiger partial charge in [-0.1, -0.05) is 31.4 Å². The first-order valence-electron chi connectivity index (χ1n) is 8.00. The van der Waals surface area contributed by atoms with Gasteiger partial charge in [-0.25, -0.2) is 0 Å². The summed E-state index contributed by atoms with van der Waals surface area (Å²) >= 11 is 0. The van der Waals surface area contributed by atoms with Crippen molar-refractivity contribution in [3.05, 3.63) is 41.6 Å². The second-order valence-electron chi connectivity index (χ2n) is 6.14. The molecule has 1 aliphatic carbocycles. The third-order valence-electron chi connectivity index (χ3n) is 4.48. The zero-order valence-electron chi connectivity index (χ0n) is 12.7. The number of benzene rings is 1. The number of fused-ring (bicyclic) bond motifs is 1. The van der Waals surface area contributed by atoms with Crippen molar-refractivity contribution in [3.63, 3.8) is 0 Å². The van der Waals surface area contributed by atoms with Gasteiger partial charge in [0, 0.05) is 17.1 Å². The Hall–Kier alpha value is -1.45. The molecule has 1 aromatic heterocycles. The lowest BCUT2D eigenvalue weighted by Gasteiger charge is -2.28. The van der Waals surface area contributed by atoms with Crippen LogP contribution in [0, 0.1) is 6.92 Å². The third-order valence-corrected chi connectivity index (χ3v) is 4.48. The molecule has 3 heteroatoms. The van der Waals surface area contributed by atoms with Crippen LogP contribution in [0.15, 0.2) is 30.3 Å². The van der Waals surface area contributed by atoms with Crippen LogP contribution in [-0.2, 0) is 0 Å². The van der Waals surface area contributed by atoms with E-state index in [-0.39, 0.29) is 12.6 Å². The number of nitrogens with zero attached hydrogens (tertiary/aromatic N) is 1. The highest BCUT2D eigenvalue weighted by Gasteiger charge is 2.18. The van der Waals surface area contributed by atoms with E-state index in [1.54, 1.807) is 0 Å². The van der Waals surface area contributed by atoms with Crippen molar-refractivity contribution >= 4 is 10.9 Å². The summed E-state index contributed by atoms with van der Waals surface area (Å²) in [6.07, 6.45) is 6.41. The van der Waals surface area contributed by atoms with Crippen LogP contribution in [0.2, 0.25) is 0 Å². The number of aryl methyl sites for hydroxylation is 1. The van der Waals surface area contributed by atoms with E-state index in [4.69, 9.17) is 0 Å². The second kappa shape index (κ2) is 6.54. The number of aliphatic hydroxyl groups is 1. The molecule has 112 valence electrons. The van der Waals surface area contributed by atoms with Gasteiger partial charge in [-0.15, -0.1) is 0 Å². The van der Waals surface area contributed by atoms with Gasteiger partial charge < -0.3 is 10.4 Å². The molecular formula is C18H24N2O. The summed E-state index contributed by atoms with van der Waals surface area (Å²) in [6.45, 7) is 2.15. The summed E-state index contributed by atoms with van der Waals surface area (Å²) in [5.41, 5.74) is 3.21. The van der Waals surface area contributed by atoms with Crippen molar-refractivity contribution in [2.45, 2.75) is 51.1 Å². The van der Waals surface area contributed by atoms with Crippen molar-refractivity contribution in [1.82, 2.24) is 10.3 Å². The van der Waals surface area contributed by atoms with Crippen molar-refractivity contribution in [3.8, 4) is 0 Å². The van der Waals surface area contributed by atoms with E-state index >= 15 is 0 Å². The molecule has 1 aliphatic rings. The maximum atomic E-state index is 9.75. The van der Waals surface area contributed by atoms with Crippen molar-refractivity contribution in [2.24, 2.45) is 0 Å². The number of nitrogens with one attached hydrogen (secondary N) is 1. The SMILES string of the molecule is Cc1ccc2cc(C(CO)NC3CCCCC3)ccc2n1. The Kier molecular flexibility index (Phi) is 4.51. The fourth-order valence-corrected chi connectivity index (χ4v) is 3.27. The smallest absolute Gasteiger partial charge is 0.0705 e. The molecular weight excluding hydrogens is 260 g/mol. The van der Waals surface area contributed by atoms with Crippen molar-refractivity contribution in [2.75, 3.05) is 6.61 Å². The molecule has 1 unspecified atom stereocenters. The van der Waals surface area contributed by atoms with Crippen LogP contribution >= 0.6 is 0 Å². The van der Waals surface area contributed by atoms with E-state index in [0.29, 0.717) is 6.04 Å². The van der Waals surface area contributed by atoms with Crippen molar-refractivity contribution in [1.29, 1.82) is 0 Å². The van der Waals surface area contributed by atoms with Crippen LogP contribution < -0.4 is 5.32 Å². The molecule has 2 N–H and O–H groups in total. The van der Waals surface area contributed by atoms with Crippen molar-refractivity contribution < 1.29 is 5.11 Å². The molecule has 0 bridgehead atoms. The Bertz CT molecular complexity index is 605. The van der Waals surface area contributed by atoms with Gasteiger partial charge in [0.05, 0.1) is 18.2 Å². The molecule has 0 amide bonds. The average molecular weight is 284 g/mol. The first-order chi connectivity index (χ1) is 10.3. The summed E-state index contributed by atoms with van der Waals surface area (Å²) < 4.78 is 0. The predicted octanol–water partition coefficient (Wildman–Crippen LogP) is 3.50. The Balaban J connectivity index is 1.80. The minimum atomic E-state index is 0.0267. The lowest BCUT2D eigenvalue weighted by molar-refractivity contribution is 0.220. The molecule has 2 aromatic rings. The van der Waals surface area contributed by atoms with Gasteiger partial charge in [-0.05, 0) is 43.5 Å². The number of aliphatic hydroxyl groups excluding tert-OH is 1. The van der Waals surface area contributed by atoms with Gasteiger partial charge in [-0.2, -0.15) is 0 Å². The zero-order chi connectivity index (χ0) is 14.7. The van der Waals surface area contributed by atoms with Crippen LogP contribution in [0.3, 0.4) is 0 Å². The first-order valence-corrected chi connectivity index (χ1v) is 8.00. The first kappa shape index (κ1) is 14.5. The highest BCUT2D eigenvalue weighted by atomic mass is 16.3. The molecule has 0 saturated heterocycles. The topological polar surface area (TPSA) is 45.1 Å². The van der Waals surface area contributed by atoms with Crippen LogP contribution in [0.5, 0.6) is 0 Å². The monoisotopic (exact) mass is 284 g/mol. The largest absolute Gasteiger partial charge is 0.394 e. The molecule has 0 aliphatic heterocycles. The summed E-state index contributed by atoms with van der Waals surface area (Å²) in [7, 11) is 0. The van der Waals surface area contributed by atoms with E-state index in [9.17, 15) is 5.11 Å². The average Bonchev–Trinajstić information content (AvgIpc) is 2.53. The number of aromatic nitrogens is 1. The molecule has 0 radical (unpaired) electrons. The van der Waals surface area contributed by atoms with Crippen LogP contribution in [0.25, 0.3) is 10.9 Å². The number of hydrogen-bond acceptors (Lipinski definition) is 3. The van der Waals surface area contributed by atoms with E-state index in [2.05, 4.69) is 34.6 Å². The van der Waals surface area contributed by atoms with E-state index in [1.807, 2.05) is 13.0 Å². The van der Waals surface area contributed by atoms with Gasteiger partial charge in [0.1, 0.15) is 0 Å². The van der Waals surface area contributed by atoms with Gasteiger partial charge >= 0.3 is 0 Å². The molecule has 0 spiro atoms. The minimum absolute atomic E-state index is 0.0267. The lowest BCUT2D eigenvalue weighted by atomic mass is 9.94. The zero-order valence-corrected chi connectivity index (χ0v) is 12.7. The Morgan fingerprint density at radius 2 is 2.00 bits per heavy atom. The summed E-state index contributed by atoms with van der Waals surface area (Å²) in [5.74, 6) is 0. The number of hydrogen-bond donors (Lipinski definition) is 2. The molecule has 1 fully saturated rings. The van der Waals surface area contributed by atoms with Crippen LogP contribution in [0.4, 0.5) is 0 Å². The summed E-state index contributed by atoms with van der Waals surface area (Å²) in [4.78, 5) is 4.53. The van der Waals surface area contributed by atoms with E-state index < -0.39 is 0 Å². The Labute approximate surface area is 126 Å². The quantitative estimate of drug-likeness (QED) is 0.903. The van der Waals surface area contributed by atoms with E-state index in [1.165, 1.54) is 32.1 Å². The maximum absolute atomic E-state index is 9.75. The maximum Gasteiger partial charge on any atom is 0.0705 e. The third kappa shape index (κ3) is 3.42. The van der Waals surface area contributed by atoms with Gasteiger partial charge in [0.2, 0.25) is 0 Å². The minimum Gasteiger partial charge on any atom is -0.394 e. The van der Waals surface area contributed by atoms with Gasteiger partial charge in [0.25, 0.3) is 0 Å². The molecule has 3 rings (SSSR count). The van der Waals surface area contributed by atoms with Crippen LogP contribution in [0.1, 0.15) is 49.4 Å². The highest BCUT2D eigenvalue weighted by Crippen LogP contribution is 2.23. The van der Waals surface area contributed by atoms with E-state index in [0.717, 1.165) is 22.2 Å². The Morgan fingerprint density at radius 1 is 1.19 bits per heavy atom. The fraction of sp³-hybridized carbons (Fsp3) is 0.500. The number of pyridine rings is 1. The van der Waals surface area contributed by atoms with Gasteiger partial charge in [-0.3, -0.25) is 4.98 Å². The second-order valence-corrected chi connectivity index (χ2v) is 6.14. The highest BCUT2D eigenvalue weighted by molar-refractivity contribution is 5.79. The molecule has 1 heterocycles. The molecule has 3 nitrogen and oxygen atoms in total. The molecule has 1 saturated carbocycles. The summed E-state index contributed by atoms with van der Waals surface area (Å²) in [5, 5.41) is 14.5. The standard InChI is InChI=1S/C18H24N2O/c1-13-7-8-14-11-15(9-10-17(14)19-13)18(12-21)20-16-5-3-2-4-6-16/h7-11,16,18,20-21H,2-6,12H2,1H3. The molecule has 1 atom stereocenters. The number of rotatable bonds is 4. The molecule has 1 aromatic carbocycles. The van der Waals surface area contributed by atoms with Crippen LogP contribution in [-0.4, -0.2) is 22.7 Å². The fourth-order valence-electron chi connectivity index (χ4n) is 3.27. The molecule has 21 heavy (non-hydrogen) atoms. The van der Waals surface area contributed by atoms with Gasteiger partial charge in [0.15, 0.2) is 0 Å².